The Kier molecular flexibility index (Phi) is 6.97. The third kappa shape index (κ3) is 4.47. The predicted molar refractivity (Wildman–Crippen MR) is 80.6 cm³/mol. The molecule has 1 rings (SSSR count). The van der Waals surface area contributed by atoms with Gasteiger partial charge in [0.1, 0.15) is 11.7 Å². The molecule has 112 valence electrons. The van der Waals surface area contributed by atoms with Gasteiger partial charge in [-0.15, -0.1) is 0 Å². The highest BCUT2D eigenvalue weighted by Gasteiger charge is 2.16. The number of nitrogens with zero attached hydrogens (tertiary/aromatic N) is 2. The van der Waals surface area contributed by atoms with Crippen LogP contribution < -0.4 is 10.6 Å². The maximum Gasteiger partial charge on any atom is 0.139 e. The predicted octanol–water partition coefficient (Wildman–Crippen LogP) is 1.16. The number of aryl methyl sites for hydroxylation is 1. The van der Waals surface area contributed by atoms with Crippen LogP contribution in [0.15, 0.2) is 12.3 Å². The van der Waals surface area contributed by atoms with E-state index in [9.17, 15) is 0 Å². The molecule has 0 radical (unpaired) electrons. The molecule has 0 amide bonds. The Morgan fingerprint density at radius 2 is 2.00 bits per heavy atom. The van der Waals surface area contributed by atoms with E-state index < -0.39 is 0 Å². The molecule has 6 nitrogen and oxygen atoms in total. The summed E-state index contributed by atoms with van der Waals surface area (Å²) in [5.41, 5.74) is 7.35. The maximum absolute atomic E-state index is 7.76. The zero-order valence-electron chi connectivity index (χ0n) is 12.5. The van der Waals surface area contributed by atoms with Gasteiger partial charge in [0.15, 0.2) is 0 Å². The Hall–Kier alpha value is -1.66. The molecule has 0 aromatic carbocycles. The fraction of sp³-hybridized carbons (Fsp3) is 0.571. The topological polar surface area (TPSA) is 84.5 Å². The number of rotatable bonds is 9. The van der Waals surface area contributed by atoms with E-state index in [0.29, 0.717) is 25.3 Å². The fourth-order valence-electron chi connectivity index (χ4n) is 2.04. The highest BCUT2D eigenvalue weighted by molar-refractivity contribution is 6.01. The molecule has 0 unspecified atom stereocenters. The molecule has 20 heavy (non-hydrogen) atoms. The van der Waals surface area contributed by atoms with E-state index in [1.807, 2.05) is 13.0 Å². The Balaban J connectivity index is 2.99. The Bertz CT molecular complexity index is 437. The number of ether oxygens (including phenoxy) is 2. The van der Waals surface area contributed by atoms with E-state index in [2.05, 4.69) is 9.88 Å². The molecule has 0 saturated heterocycles. The van der Waals surface area contributed by atoms with Crippen molar-refractivity contribution in [2.75, 3.05) is 45.4 Å². The van der Waals surface area contributed by atoms with Crippen LogP contribution >= 0.6 is 0 Å². The number of methoxy groups -OCH3 is 2. The monoisotopic (exact) mass is 280 g/mol. The normalized spacial score (nSPS) is 10.6. The first-order valence-electron chi connectivity index (χ1n) is 6.64. The molecule has 1 heterocycles. The Labute approximate surface area is 120 Å². The molecule has 0 aliphatic carbocycles. The van der Waals surface area contributed by atoms with Gasteiger partial charge in [-0.2, -0.15) is 0 Å². The van der Waals surface area contributed by atoms with Crippen LogP contribution in [0.1, 0.15) is 17.5 Å². The van der Waals surface area contributed by atoms with Gasteiger partial charge in [0, 0.05) is 40.1 Å². The lowest BCUT2D eigenvalue weighted by Gasteiger charge is -2.26. The van der Waals surface area contributed by atoms with E-state index >= 15 is 0 Å². The number of nitrogens with two attached hydrogens (primary N) is 1. The minimum Gasteiger partial charge on any atom is -0.385 e. The second kappa shape index (κ2) is 8.50. The third-order valence-electron chi connectivity index (χ3n) is 3.05. The van der Waals surface area contributed by atoms with Crippen molar-refractivity contribution < 1.29 is 9.47 Å². The summed E-state index contributed by atoms with van der Waals surface area (Å²) in [7, 11) is 3.36. The molecular weight excluding hydrogens is 256 g/mol. The Morgan fingerprint density at radius 3 is 2.60 bits per heavy atom. The largest absolute Gasteiger partial charge is 0.385 e. The summed E-state index contributed by atoms with van der Waals surface area (Å²) in [5, 5.41) is 7.76. The van der Waals surface area contributed by atoms with E-state index in [4.69, 9.17) is 20.6 Å². The molecule has 1 aromatic rings. The summed E-state index contributed by atoms with van der Waals surface area (Å²) in [5.74, 6) is 0.783. The van der Waals surface area contributed by atoms with E-state index in [1.54, 1.807) is 20.4 Å². The lowest BCUT2D eigenvalue weighted by Crippen LogP contribution is -2.32. The van der Waals surface area contributed by atoms with Crippen LogP contribution in [0.3, 0.4) is 0 Å². The van der Waals surface area contributed by atoms with Crippen LogP contribution in [-0.4, -0.2) is 51.3 Å². The molecule has 0 fully saturated rings. The molecule has 6 heteroatoms. The van der Waals surface area contributed by atoms with Gasteiger partial charge in [0.25, 0.3) is 0 Å². The van der Waals surface area contributed by atoms with E-state index in [1.165, 1.54) is 0 Å². The number of hydrogen-bond acceptors (Lipinski definition) is 5. The van der Waals surface area contributed by atoms with Crippen molar-refractivity contribution in [2.24, 2.45) is 5.73 Å². The SMILES string of the molecule is COCCCN(CCOC)c1nccc(C)c1C(=N)N. The molecule has 0 bridgehead atoms. The van der Waals surface area contributed by atoms with Crippen LogP contribution in [0.2, 0.25) is 0 Å². The van der Waals surface area contributed by atoms with Crippen LogP contribution in [0.5, 0.6) is 0 Å². The van der Waals surface area contributed by atoms with Crippen molar-refractivity contribution in [3.8, 4) is 0 Å². The standard InChI is InChI=1S/C14H24N4O2/c1-11-5-6-17-14(12(11)13(15)16)18(8-10-20-3)7-4-9-19-2/h5-6H,4,7-10H2,1-3H3,(H3,15,16). The molecule has 0 aliphatic heterocycles. The van der Waals surface area contributed by atoms with Gasteiger partial charge in [-0.3, -0.25) is 5.41 Å². The number of aromatic nitrogens is 1. The summed E-state index contributed by atoms with van der Waals surface area (Å²) in [6, 6.07) is 1.86. The molecular formula is C14H24N4O2. The molecule has 0 aliphatic rings. The van der Waals surface area contributed by atoms with Crippen molar-refractivity contribution in [3.63, 3.8) is 0 Å². The van der Waals surface area contributed by atoms with Crippen LogP contribution in [0.4, 0.5) is 5.82 Å². The second-order valence-corrected chi connectivity index (χ2v) is 4.57. The van der Waals surface area contributed by atoms with Gasteiger partial charge >= 0.3 is 0 Å². The van der Waals surface area contributed by atoms with Gasteiger partial charge in [-0.1, -0.05) is 0 Å². The van der Waals surface area contributed by atoms with Crippen LogP contribution in [-0.2, 0) is 9.47 Å². The average molecular weight is 280 g/mol. The zero-order chi connectivity index (χ0) is 15.0. The molecule has 1 aromatic heterocycles. The van der Waals surface area contributed by atoms with Gasteiger partial charge in [-0.25, -0.2) is 4.98 Å². The van der Waals surface area contributed by atoms with Gasteiger partial charge < -0.3 is 20.1 Å². The molecule has 0 saturated carbocycles. The Morgan fingerprint density at radius 1 is 1.30 bits per heavy atom. The molecule has 3 N–H and O–H groups in total. The molecule has 0 spiro atoms. The first kappa shape index (κ1) is 16.4. The minimum atomic E-state index is 0.0414. The first-order valence-corrected chi connectivity index (χ1v) is 6.64. The third-order valence-corrected chi connectivity index (χ3v) is 3.05. The maximum atomic E-state index is 7.76. The zero-order valence-corrected chi connectivity index (χ0v) is 12.5. The summed E-state index contributed by atoms with van der Waals surface area (Å²) in [6.07, 6.45) is 2.63. The number of hydrogen-bond donors (Lipinski definition) is 2. The first-order chi connectivity index (χ1) is 9.61. The quantitative estimate of drug-likeness (QED) is 0.403. The van der Waals surface area contributed by atoms with Crippen LogP contribution in [0, 0.1) is 12.3 Å². The van der Waals surface area contributed by atoms with Crippen molar-refractivity contribution in [3.05, 3.63) is 23.4 Å². The minimum absolute atomic E-state index is 0.0414. The number of anilines is 1. The summed E-state index contributed by atoms with van der Waals surface area (Å²) >= 11 is 0. The number of amidine groups is 1. The second-order valence-electron chi connectivity index (χ2n) is 4.57. The fourth-order valence-corrected chi connectivity index (χ4v) is 2.04. The number of pyridine rings is 1. The lowest BCUT2D eigenvalue weighted by molar-refractivity contribution is 0.191. The van der Waals surface area contributed by atoms with Gasteiger partial charge in [-0.05, 0) is 25.0 Å². The van der Waals surface area contributed by atoms with Crippen molar-refractivity contribution in [1.29, 1.82) is 5.41 Å². The molecule has 0 atom stereocenters. The van der Waals surface area contributed by atoms with Crippen molar-refractivity contribution in [2.45, 2.75) is 13.3 Å². The van der Waals surface area contributed by atoms with Crippen molar-refractivity contribution in [1.82, 2.24) is 4.98 Å². The van der Waals surface area contributed by atoms with E-state index in [0.717, 1.165) is 24.3 Å². The highest BCUT2D eigenvalue weighted by Crippen LogP contribution is 2.20. The van der Waals surface area contributed by atoms with Gasteiger partial charge in [0.05, 0.1) is 12.2 Å². The van der Waals surface area contributed by atoms with E-state index in [-0.39, 0.29) is 5.84 Å². The van der Waals surface area contributed by atoms with Crippen LogP contribution in [0.25, 0.3) is 0 Å². The highest BCUT2D eigenvalue weighted by atomic mass is 16.5. The number of nitrogen functional groups attached to an aromatic ring is 1. The summed E-state index contributed by atoms with van der Waals surface area (Å²) < 4.78 is 10.2. The average Bonchev–Trinajstić information content (AvgIpc) is 2.42. The van der Waals surface area contributed by atoms with Crippen molar-refractivity contribution >= 4 is 11.7 Å². The smallest absolute Gasteiger partial charge is 0.139 e. The lowest BCUT2D eigenvalue weighted by atomic mass is 10.1. The summed E-state index contributed by atoms with van der Waals surface area (Å²) in [6.45, 7) is 4.71. The summed E-state index contributed by atoms with van der Waals surface area (Å²) in [4.78, 5) is 6.49. The van der Waals surface area contributed by atoms with Gasteiger partial charge in [0.2, 0.25) is 0 Å². The number of nitrogens with one attached hydrogen (secondary N) is 1.